The molecule has 0 radical (unpaired) electrons. The quantitative estimate of drug-likeness (QED) is 0.633. The number of amides is 1. The van der Waals surface area contributed by atoms with Crippen molar-refractivity contribution in [2.45, 2.75) is 6.54 Å². The topological polar surface area (TPSA) is 102 Å². The maximum atomic E-state index is 12.1. The zero-order valence-electron chi connectivity index (χ0n) is 13.5. The summed E-state index contributed by atoms with van der Waals surface area (Å²) in [7, 11) is 1.34. The molecule has 0 spiro atoms. The highest BCUT2D eigenvalue weighted by atomic mass is 16.5. The lowest BCUT2D eigenvalue weighted by Gasteiger charge is -2.10. The SMILES string of the molecule is COc1ccc(/C=C(/C#N)C(=O)NCc2ccccc2)cc1C(=O)[O-]. The molecule has 0 atom stereocenters. The summed E-state index contributed by atoms with van der Waals surface area (Å²) in [5.41, 5.74) is 0.992. The van der Waals surface area contributed by atoms with Gasteiger partial charge in [0.15, 0.2) is 0 Å². The van der Waals surface area contributed by atoms with Crippen molar-refractivity contribution in [3.63, 3.8) is 0 Å². The second kappa shape index (κ2) is 8.31. The van der Waals surface area contributed by atoms with Crippen LogP contribution in [-0.4, -0.2) is 19.0 Å². The van der Waals surface area contributed by atoms with Crippen molar-refractivity contribution in [1.29, 1.82) is 5.26 Å². The second-order valence-corrected chi connectivity index (χ2v) is 5.09. The molecule has 6 nitrogen and oxygen atoms in total. The highest BCUT2D eigenvalue weighted by Crippen LogP contribution is 2.20. The molecule has 0 bridgehead atoms. The number of carboxylic acids is 1. The lowest BCUT2D eigenvalue weighted by Crippen LogP contribution is -2.24. The van der Waals surface area contributed by atoms with Gasteiger partial charge in [0.05, 0.1) is 13.1 Å². The van der Waals surface area contributed by atoms with Crippen LogP contribution in [0.25, 0.3) is 6.08 Å². The van der Waals surface area contributed by atoms with Crippen LogP contribution in [0, 0.1) is 11.3 Å². The fraction of sp³-hybridized carbons (Fsp3) is 0.105. The minimum atomic E-state index is -1.40. The van der Waals surface area contributed by atoms with Crippen LogP contribution in [0.3, 0.4) is 0 Å². The standard InChI is InChI=1S/C19H16N2O4/c1-25-17-8-7-14(10-16(17)19(23)24)9-15(11-20)18(22)21-12-13-5-3-2-4-6-13/h2-10H,12H2,1H3,(H,21,22)(H,23,24)/p-1/b15-9-. The third kappa shape index (κ3) is 4.69. The number of ether oxygens (including phenoxy) is 1. The van der Waals surface area contributed by atoms with Gasteiger partial charge in [0.2, 0.25) is 0 Å². The van der Waals surface area contributed by atoms with E-state index in [4.69, 9.17) is 4.74 Å². The van der Waals surface area contributed by atoms with Crippen molar-refractivity contribution < 1.29 is 19.4 Å². The molecule has 1 amide bonds. The fourth-order valence-electron chi connectivity index (χ4n) is 2.16. The van der Waals surface area contributed by atoms with Crippen molar-refractivity contribution in [2.75, 3.05) is 7.11 Å². The molecule has 0 unspecified atom stereocenters. The Morgan fingerprint density at radius 2 is 1.96 bits per heavy atom. The highest BCUT2D eigenvalue weighted by Gasteiger charge is 2.10. The van der Waals surface area contributed by atoms with Crippen molar-refractivity contribution in [1.82, 2.24) is 5.32 Å². The Kier molecular flexibility index (Phi) is 5.91. The summed E-state index contributed by atoms with van der Waals surface area (Å²) < 4.78 is 4.94. The van der Waals surface area contributed by atoms with Crippen LogP contribution in [0.1, 0.15) is 21.5 Å². The molecular weight excluding hydrogens is 320 g/mol. The molecular formula is C19H15N2O4-. The molecule has 0 aliphatic carbocycles. The number of methoxy groups -OCH3 is 1. The summed E-state index contributed by atoms with van der Waals surface area (Å²) in [5, 5.41) is 23.0. The second-order valence-electron chi connectivity index (χ2n) is 5.09. The molecule has 126 valence electrons. The lowest BCUT2D eigenvalue weighted by atomic mass is 10.1. The Balaban J connectivity index is 2.19. The van der Waals surface area contributed by atoms with Gasteiger partial charge in [0.25, 0.3) is 5.91 Å². The summed E-state index contributed by atoms with van der Waals surface area (Å²) in [6.07, 6.45) is 1.31. The van der Waals surface area contributed by atoms with Crippen LogP contribution in [0.15, 0.2) is 54.1 Å². The Labute approximate surface area is 145 Å². The van der Waals surface area contributed by atoms with Crippen molar-refractivity contribution in [3.8, 4) is 11.8 Å². The van der Waals surface area contributed by atoms with E-state index in [-0.39, 0.29) is 23.4 Å². The van der Waals surface area contributed by atoms with Crippen LogP contribution in [0.2, 0.25) is 0 Å². The number of nitriles is 1. The number of aromatic carboxylic acids is 1. The van der Waals surface area contributed by atoms with Crippen LogP contribution >= 0.6 is 0 Å². The number of benzene rings is 2. The number of nitrogens with zero attached hydrogens (tertiary/aromatic N) is 1. The predicted octanol–water partition coefficient (Wildman–Crippen LogP) is 1.28. The zero-order chi connectivity index (χ0) is 18.2. The Hall–Kier alpha value is -3.59. The van der Waals surface area contributed by atoms with Crippen molar-refractivity contribution >= 4 is 18.0 Å². The molecule has 0 saturated carbocycles. The van der Waals surface area contributed by atoms with E-state index in [9.17, 15) is 20.0 Å². The van der Waals surface area contributed by atoms with Gasteiger partial charge in [-0.1, -0.05) is 36.4 Å². The van der Waals surface area contributed by atoms with Gasteiger partial charge in [0.1, 0.15) is 17.4 Å². The molecule has 2 rings (SSSR count). The van der Waals surface area contributed by atoms with Gasteiger partial charge in [-0.3, -0.25) is 4.79 Å². The molecule has 1 N–H and O–H groups in total. The van der Waals surface area contributed by atoms with E-state index in [0.29, 0.717) is 5.56 Å². The molecule has 0 aromatic heterocycles. The van der Waals surface area contributed by atoms with E-state index in [1.165, 1.54) is 25.3 Å². The number of carbonyl (C=O) groups excluding carboxylic acids is 2. The highest BCUT2D eigenvalue weighted by molar-refractivity contribution is 6.02. The van der Waals surface area contributed by atoms with Gasteiger partial charge in [-0.2, -0.15) is 5.26 Å². The van der Waals surface area contributed by atoms with E-state index in [1.807, 2.05) is 36.4 Å². The van der Waals surface area contributed by atoms with E-state index in [2.05, 4.69) is 5.32 Å². The number of nitrogens with one attached hydrogen (secondary N) is 1. The van der Waals surface area contributed by atoms with Crippen molar-refractivity contribution in [3.05, 3.63) is 70.8 Å². The van der Waals surface area contributed by atoms with Crippen LogP contribution in [0.5, 0.6) is 5.75 Å². The third-order valence-corrected chi connectivity index (χ3v) is 3.42. The molecule has 0 heterocycles. The normalized spacial score (nSPS) is 10.6. The summed E-state index contributed by atoms with van der Waals surface area (Å²) in [6.45, 7) is 0.283. The largest absolute Gasteiger partial charge is 0.545 e. The smallest absolute Gasteiger partial charge is 0.262 e. The van der Waals surface area contributed by atoms with E-state index in [0.717, 1.165) is 5.56 Å². The van der Waals surface area contributed by atoms with Crippen LogP contribution in [-0.2, 0) is 11.3 Å². The van der Waals surface area contributed by atoms with Gasteiger partial charge < -0.3 is 20.0 Å². The molecule has 25 heavy (non-hydrogen) atoms. The van der Waals surface area contributed by atoms with Crippen molar-refractivity contribution in [2.24, 2.45) is 0 Å². The molecule has 6 heteroatoms. The number of hydrogen-bond donors (Lipinski definition) is 1. The first kappa shape index (κ1) is 17.8. The van der Waals surface area contributed by atoms with Gasteiger partial charge >= 0.3 is 0 Å². The average Bonchev–Trinajstić information content (AvgIpc) is 2.64. The Morgan fingerprint density at radius 1 is 1.24 bits per heavy atom. The van der Waals surface area contributed by atoms with Crippen LogP contribution < -0.4 is 15.2 Å². The Bertz CT molecular complexity index is 851. The molecule has 2 aromatic rings. The Morgan fingerprint density at radius 3 is 2.56 bits per heavy atom. The first-order valence-electron chi connectivity index (χ1n) is 7.38. The van der Waals surface area contributed by atoms with Crippen LogP contribution in [0.4, 0.5) is 0 Å². The summed E-state index contributed by atoms with van der Waals surface area (Å²) in [5.74, 6) is -1.81. The van der Waals surface area contributed by atoms with Gasteiger partial charge in [-0.05, 0) is 29.3 Å². The molecule has 2 aromatic carbocycles. The predicted molar refractivity (Wildman–Crippen MR) is 89.2 cm³/mol. The molecule has 0 saturated heterocycles. The number of rotatable bonds is 6. The number of hydrogen-bond acceptors (Lipinski definition) is 5. The molecule has 0 aliphatic rings. The van der Waals surface area contributed by atoms with Gasteiger partial charge in [0, 0.05) is 12.1 Å². The molecule has 0 fully saturated rings. The third-order valence-electron chi connectivity index (χ3n) is 3.42. The van der Waals surface area contributed by atoms with E-state index < -0.39 is 11.9 Å². The fourth-order valence-corrected chi connectivity index (χ4v) is 2.16. The minimum Gasteiger partial charge on any atom is -0.545 e. The number of carboxylic acid groups (broad SMARTS) is 1. The first-order chi connectivity index (χ1) is 12.0. The average molecular weight is 335 g/mol. The summed E-state index contributed by atoms with van der Waals surface area (Å²) in [6, 6.07) is 15.4. The maximum Gasteiger partial charge on any atom is 0.262 e. The maximum absolute atomic E-state index is 12.1. The van der Waals surface area contributed by atoms with E-state index >= 15 is 0 Å². The van der Waals surface area contributed by atoms with E-state index in [1.54, 1.807) is 6.07 Å². The first-order valence-corrected chi connectivity index (χ1v) is 7.38. The molecule has 0 aliphatic heterocycles. The van der Waals surface area contributed by atoms with Gasteiger partial charge in [-0.15, -0.1) is 0 Å². The minimum absolute atomic E-state index is 0.134. The summed E-state index contributed by atoms with van der Waals surface area (Å²) in [4.78, 5) is 23.3. The lowest BCUT2D eigenvalue weighted by molar-refractivity contribution is -0.255. The number of carbonyl (C=O) groups is 2. The van der Waals surface area contributed by atoms with Gasteiger partial charge in [-0.25, -0.2) is 0 Å². The monoisotopic (exact) mass is 335 g/mol. The summed E-state index contributed by atoms with van der Waals surface area (Å²) >= 11 is 0. The zero-order valence-corrected chi connectivity index (χ0v) is 13.5.